The van der Waals surface area contributed by atoms with E-state index in [2.05, 4.69) is 0 Å². The Hall–Kier alpha value is -1.77. The molecule has 0 aliphatic carbocycles. The van der Waals surface area contributed by atoms with Crippen LogP contribution in [-0.2, 0) is 0 Å². The smallest absolute Gasteiger partial charge is 0.232 e. The van der Waals surface area contributed by atoms with Crippen molar-refractivity contribution in [2.45, 2.75) is 19.4 Å². The number of aromatic nitrogens is 2. The van der Waals surface area contributed by atoms with Crippen LogP contribution in [0.15, 0.2) is 49.1 Å². The van der Waals surface area contributed by atoms with Crippen molar-refractivity contribution in [1.82, 2.24) is 9.13 Å². The molecule has 0 aromatic carbocycles. The first-order valence-electron chi connectivity index (χ1n) is 5.06. The number of hydrogen-bond donors (Lipinski definition) is 0. The predicted octanol–water partition coefficient (Wildman–Crippen LogP) is 2.58. The van der Waals surface area contributed by atoms with Crippen LogP contribution >= 0.6 is 0 Å². The van der Waals surface area contributed by atoms with E-state index in [1.807, 2.05) is 48.1 Å². The fraction of sp³-hybridized carbons (Fsp3) is 0.250. The summed E-state index contributed by atoms with van der Waals surface area (Å²) in [5.74, 6) is 0.126. The number of carbonyl (C=O) groups is 1. The second kappa shape index (κ2) is 4.17. The molecular weight excluding hydrogens is 188 g/mol. The van der Waals surface area contributed by atoms with Gasteiger partial charge in [-0.2, -0.15) is 0 Å². The summed E-state index contributed by atoms with van der Waals surface area (Å²) in [6, 6.07) is 7.86. The summed E-state index contributed by atoms with van der Waals surface area (Å²) in [7, 11) is 0. The zero-order chi connectivity index (χ0) is 10.7. The van der Waals surface area contributed by atoms with Gasteiger partial charge in [-0.05, 0) is 31.2 Å². The standard InChI is InChI=1S/C12H14N2O/c1-11(13-6-2-3-7-13)10-12(15)14-8-4-5-9-14/h2-9,11H,10H2,1H3. The van der Waals surface area contributed by atoms with Crippen molar-refractivity contribution >= 4 is 5.91 Å². The van der Waals surface area contributed by atoms with Crippen LogP contribution in [0.25, 0.3) is 0 Å². The summed E-state index contributed by atoms with van der Waals surface area (Å²) in [5.41, 5.74) is 0. The van der Waals surface area contributed by atoms with Crippen LogP contribution < -0.4 is 0 Å². The molecule has 78 valence electrons. The minimum atomic E-state index is 0.126. The van der Waals surface area contributed by atoms with Crippen molar-refractivity contribution in [2.75, 3.05) is 0 Å². The molecule has 1 atom stereocenters. The zero-order valence-corrected chi connectivity index (χ0v) is 8.71. The van der Waals surface area contributed by atoms with Gasteiger partial charge in [0, 0.05) is 37.3 Å². The van der Waals surface area contributed by atoms with Crippen LogP contribution in [0.3, 0.4) is 0 Å². The van der Waals surface area contributed by atoms with Crippen molar-refractivity contribution in [1.29, 1.82) is 0 Å². The Morgan fingerprint density at radius 2 is 1.60 bits per heavy atom. The summed E-state index contributed by atoms with van der Waals surface area (Å²) in [6.07, 6.45) is 8.04. The third-order valence-corrected chi connectivity index (χ3v) is 2.50. The molecule has 2 aromatic rings. The van der Waals surface area contributed by atoms with Gasteiger partial charge in [0.15, 0.2) is 0 Å². The Balaban J connectivity index is 2.01. The molecule has 3 heteroatoms. The SMILES string of the molecule is CC(CC(=O)n1cccc1)n1cccc1. The van der Waals surface area contributed by atoms with Gasteiger partial charge >= 0.3 is 0 Å². The highest BCUT2D eigenvalue weighted by molar-refractivity contribution is 5.79. The first kappa shape index (κ1) is 9.77. The highest BCUT2D eigenvalue weighted by atomic mass is 16.2. The molecule has 15 heavy (non-hydrogen) atoms. The number of nitrogens with zero attached hydrogens (tertiary/aromatic N) is 2. The average molecular weight is 202 g/mol. The first-order valence-corrected chi connectivity index (χ1v) is 5.06. The molecule has 0 spiro atoms. The summed E-state index contributed by atoms with van der Waals surface area (Å²) in [4.78, 5) is 11.8. The maximum atomic E-state index is 11.8. The summed E-state index contributed by atoms with van der Waals surface area (Å²) in [5, 5.41) is 0. The third-order valence-electron chi connectivity index (χ3n) is 2.50. The van der Waals surface area contributed by atoms with Crippen LogP contribution in [0.5, 0.6) is 0 Å². The monoisotopic (exact) mass is 202 g/mol. The largest absolute Gasteiger partial charge is 0.351 e. The summed E-state index contributed by atoms with van der Waals surface area (Å²) < 4.78 is 3.67. The van der Waals surface area contributed by atoms with Gasteiger partial charge in [0.2, 0.25) is 5.91 Å². The third kappa shape index (κ3) is 2.18. The van der Waals surface area contributed by atoms with Gasteiger partial charge in [-0.3, -0.25) is 9.36 Å². The van der Waals surface area contributed by atoms with E-state index in [0.29, 0.717) is 6.42 Å². The molecule has 0 saturated heterocycles. The van der Waals surface area contributed by atoms with Crippen LogP contribution in [-0.4, -0.2) is 15.0 Å². The highest BCUT2D eigenvalue weighted by Gasteiger charge is 2.10. The second-order valence-electron chi connectivity index (χ2n) is 3.67. The molecule has 0 aliphatic rings. The lowest BCUT2D eigenvalue weighted by atomic mass is 10.2. The van der Waals surface area contributed by atoms with Crippen LogP contribution in [0.2, 0.25) is 0 Å². The van der Waals surface area contributed by atoms with Gasteiger partial charge in [0.05, 0.1) is 0 Å². The van der Waals surface area contributed by atoms with E-state index in [-0.39, 0.29) is 11.9 Å². The highest BCUT2D eigenvalue weighted by Crippen LogP contribution is 2.11. The second-order valence-corrected chi connectivity index (χ2v) is 3.67. The van der Waals surface area contributed by atoms with Gasteiger partial charge < -0.3 is 4.57 Å². The molecule has 0 bridgehead atoms. The number of hydrogen-bond acceptors (Lipinski definition) is 1. The van der Waals surface area contributed by atoms with Crippen molar-refractivity contribution in [2.24, 2.45) is 0 Å². The fourth-order valence-electron chi connectivity index (χ4n) is 1.61. The lowest BCUT2D eigenvalue weighted by Crippen LogP contribution is -2.14. The lowest BCUT2D eigenvalue weighted by molar-refractivity contribution is 0.0885. The molecule has 3 nitrogen and oxygen atoms in total. The topological polar surface area (TPSA) is 26.9 Å². The molecule has 2 rings (SSSR count). The number of rotatable bonds is 3. The average Bonchev–Trinajstić information content (AvgIpc) is 2.91. The van der Waals surface area contributed by atoms with Crippen molar-refractivity contribution in [3.63, 3.8) is 0 Å². The van der Waals surface area contributed by atoms with Crippen LogP contribution in [0.4, 0.5) is 0 Å². The molecule has 2 heterocycles. The van der Waals surface area contributed by atoms with Crippen molar-refractivity contribution in [3.05, 3.63) is 49.1 Å². The van der Waals surface area contributed by atoms with E-state index in [1.54, 1.807) is 17.0 Å². The Morgan fingerprint density at radius 1 is 1.07 bits per heavy atom. The van der Waals surface area contributed by atoms with Crippen molar-refractivity contribution < 1.29 is 4.79 Å². The molecule has 0 N–H and O–H groups in total. The lowest BCUT2D eigenvalue weighted by Gasteiger charge is -2.12. The maximum Gasteiger partial charge on any atom is 0.232 e. The van der Waals surface area contributed by atoms with Gasteiger partial charge in [-0.25, -0.2) is 0 Å². The predicted molar refractivity (Wildman–Crippen MR) is 58.8 cm³/mol. The van der Waals surface area contributed by atoms with E-state index < -0.39 is 0 Å². The minimum absolute atomic E-state index is 0.126. The Morgan fingerprint density at radius 3 is 2.20 bits per heavy atom. The molecule has 0 fully saturated rings. The summed E-state index contributed by atoms with van der Waals surface area (Å²) >= 11 is 0. The fourth-order valence-corrected chi connectivity index (χ4v) is 1.61. The van der Waals surface area contributed by atoms with E-state index in [4.69, 9.17) is 0 Å². The van der Waals surface area contributed by atoms with Gasteiger partial charge in [-0.15, -0.1) is 0 Å². The zero-order valence-electron chi connectivity index (χ0n) is 8.71. The van der Waals surface area contributed by atoms with Crippen molar-refractivity contribution in [3.8, 4) is 0 Å². The van der Waals surface area contributed by atoms with Crippen LogP contribution in [0.1, 0.15) is 24.2 Å². The first-order chi connectivity index (χ1) is 7.27. The molecule has 0 amide bonds. The number of carbonyl (C=O) groups excluding carboxylic acids is 1. The molecular formula is C12H14N2O. The van der Waals surface area contributed by atoms with Gasteiger partial charge in [0.25, 0.3) is 0 Å². The molecule has 1 unspecified atom stereocenters. The summed E-state index contributed by atoms with van der Waals surface area (Å²) in [6.45, 7) is 2.04. The molecule has 0 radical (unpaired) electrons. The van der Waals surface area contributed by atoms with E-state index in [1.165, 1.54) is 0 Å². The Kier molecular flexibility index (Phi) is 2.72. The van der Waals surface area contributed by atoms with E-state index >= 15 is 0 Å². The quantitative estimate of drug-likeness (QED) is 0.751. The normalized spacial score (nSPS) is 12.6. The maximum absolute atomic E-state index is 11.8. The van der Waals surface area contributed by atoms with Gasteiger partial charge in [0.1, 0.15) is 0 Å². The van der Waals surface area contributed by atoms with E-state index in [0.717, 1.165) is 0 Å². The Labute approximate surface area is 88.9 Å². The van der Waals surface area contributed by atoms with E-state index in [9.17, 15) is 4.79 Å². The molecule has 0 aliphatic heterocycles. The minimum Gasteiger partial charge on any atom is -0.351 e. The van der Waals surface area contributed by atoms with Gasteiger partial charge in [-0.1, -0.05) is 0 Å². The molecule has 2 aromatic heterocycles. The molecule has 0 saturated carbocycles. The Bertz CT molecular complexity index is 414. The van der Waals surface area contributed by atoms with Crippen LogP contribution in [0, 0.1) is 0 Å².